The van der Waals surface area contributed by atoms with Crippen LogP contribution in [-0.4, -0.2) is 23.3 Å². The average Bonchev–Trinajstić information content (AvgIpc) is 2.88. The summed E-state index contributed by atoms with van der Waals surface area (Å²) in [5, 5.41) is 3.42. The number of nitrogens with zero attached hydrogens (tertiary/aromatic N) is 1. The fourth-order valence-corrected chi connectivity index (χ4v) is 3.11. The first-order valence-corrected chi connectivity index (χ1v) is 8.37. The number of anilines is 1. The maximum Gasteiger partial charge on any atom is 0.256 e. The summed E-state index contributed by atoms with van der Waals surface area (Å²) in [6.07, 6.45) is 0.892. The lowest BCUT2D eigenvalue weighted by molar-refractivity contribution is 0.0774. The number of carbonyl (C=O) groups is 2. The maximum absolute atomic E-state index is 12.7. The highest BCUT2D eigenvalue weighted by atomic mass is 35.5. The molecule has 1 N–H and O–H groups in total. The molecule has 0 saturated heterocycles. The molecule has 0 aliphatic carbocycles. The molecule has 0 bridgehead atoms. The summed E-state index contributed by atoms with van der Waals surface area (Å²) in [6, 6.07) is 10.8. The van der Waals surface area contributed by atoms with Crippen molar-refractivity contribution in [2.45, 2.75) is 26.8 Å². The largest absolute Gasteiger partial charge is 0.334 e. The summed E-state index contributed by atoms with van der Waals surface area (Å²) < 4.78 is 0. The van der Waals surface area contributed by atoms with Crippen LogP contribution in [0.2, 0.25) is 5.02 Å². The van der Waals surface area contributed by atoms with Gasteiger partial charge in [-0.2, -0.15) is 0 Å². The number of rotatable bonds is 4. The van der Waals surface area contributed by atoms with Crippen LogP contribution >= 0.6 is 11.6 Å². The van der Waals surface area contributed by atoms with Gasteiger partial charge in [-0.15, -0.1) is 0 Å². The van der Waals surface area contributed by atoms with Gasteiger partial charge >= 0.3 is 0 Å². The van der Waals surface area contributed by atoms with E-state index in [0.717, 1.165) is 17.5 Å². The molecule has 24 heavy (non-hydrogen) atoms. The second-order valence-corrected chi connectivity index (χ2v) is 6.39. The molecule has 2 amide bonds. The van der Waals surface area contributed by atoms with Gasteiger partial charge in [0.25, 0.3) is 11.8 Å². The Morgan fingerprint density at radius 3 is 2.79 bits per heavy atom. The van der Waals surface area contributed by atoms with Crippen LogP contribution in [0.4, 0.5) is 5.69 Å². The van der Waals surface area contributed by atoms with Gasteiger partial charge in [0.1, 0.15) is 0 Å². The van der Waals surface area contributed by atoms with E-state index in [1.807, 2.05) is 32.0 Å². The van der Waals surface area contributed by atoms with Crippen LogP contribution in [0.15, 0.2) is 36.4 Å². The summed E-state index contributed by atoms with van der Waals surface area (Å²) in [4.78, 5) is 27.0. The number of nitrogens with one attached hydrogen (secondary N) is 1. The second kappa shape index (κ2) is 6.65. The summed E-state index contributed by atoms with van der Waals surface area (Å²) in [5.74, 6) is -0.363. The predicted octanol–water partition coefficient (Wildman–Crippen LogP) is 4.27. The lowest BCUT2D eigenvalue weighted by Gasteiger charge is -2.14. The normalized spacial score (nSPS) is 13.1. The van der Waals surface area contributed by atoms with Crippen LogP contribution in [0.1, 0.15) is 45.2 Å². The van der Waals surface area contributed by atoms with E-state index in [0.29, 0.717) is 34.9 Å². The minimum Gasteiger partial charge on any atom is -0.334 e. The Bertz CT molecular complexity index is 817. The minimum atomic E-state index is -0.293. The molecule has 1 aliphatic heterocycles. The molecule has 2 aromatic rings. The second-order valence-electron chi connectivity index (χ2n) is 5.98. The Morgan fingerprint density at radius 2 is 2.08 bits per heavy atom. The number of fused-ring (bicyclic) bond motifs is 1. The van der Waals surface area contributed by atoms with Gasteiger partial charge in [-0.1, -0.05) is 36.7 Å². The molecular formula is C19H19ClN2O2. The lowest BCUT2D eigenvalue weighted by atomic mass is 10.0. The van der Waals surface area contributed by atoms with E-state index in [2.05, 4.69) is 5.32 Å². The molecule has 0 atom stereocenters. The van der Waals surface area contributed by atoms with Crippen LogP contribution in [0.3, 0.4) is 0 Å². The number of benzene rings is 2. The fourth-order valence-electron chi connectivity index (χ4n) is 2.93. The first-order valence-electron chi connectivity index (χ1n) is 8.00. The van der Waals surface area contributed by atoms with E-state index in [4.69, 9.17) is 11.6 Å². The van der Waals surface area contributed by atoms with Gasteiger partial charge in [-0.3, -0.25) is 9.59 Å². The van der Waals surface area contributed by atoms with E-state index in [1.54, 1.807) is 23.1 Å². The quantitative estimate of drug-likeness (QED) is 0.902. The molecule has 0 radical (unpaired) electrons. The molecule has 3 rings (SSSR count). The average molecular weight is 343 g/mol. The van der Waals surface area contributed by atoms with Crippen LogP contribution < -0.4 is 5.32 Å². The molecule has 0 fully saturated rings. The molecule has 124 valence electrons. The van der Waals surface area contributed by atoms with Gasteiger partial charge in [0.15, 0.2) is 0 Å². The molecule has 0 spiro atoms. The maximum atomic E-state index is 12.7. The van der Waals surface area contributed by atoms with E-state index in [1.165, 1.54) is 0 Å². The number of carbonyl (C=O) groups excluding carboxylic acids is 2. The third kappa shape index (κ3) is 3.02. The molecule has 2 aromatic carbocycles. The zero-order valence-corrected chi connectivity index (χ0v) is 14.5. The zero-order chi connectivity index (χ0) is 17.3. The van der Waals surface area contributed by atoms with Gasteiger partial charge in [-0.25, -0.2) is 0 Å². The molecule has 0 aromatic heterocycles. The Balaban J connectivity index is 1.88. The molecule has 1 heterocycles. The molecule has 4 nitrogen and oxygen atoms in total. The Labute approximate surface area is 146 Å². The lowest BCUT2D eigenvalue weighted by Crippen LogP contribution is -2.26. The highest BCUT2D eigenvalue weighted by Crippen LogP contribution is 2.27. The predicted molar refractivity (Wildman–Crippen MR) is 95.6 cm³/mol. The first-order chi connectivity index (χ1) is 11.5. The van der Waals surface area contributed by atoms with Gasteiger partial charge in [0.05, 0.1) is 11.1 Å². The van der Waals surface area contributed by atoms with Gasteiger partial charge < -0.3 is 10.2 Å². The highest BCUT2D eigenvalue weighted by Gasteiger charge is 2.31. The van der Waals surface area contributed by atoms with Crippen LogP contribution in [0, 0.1) is 6.92 Å². The van der Waals surface area contributed by atoms with E-state index in [-0.39, 0.29) is 11.8 Å². The number of hydrogen-bond donors (Lipinski definition) is 1. The van der Waals surface area contributed by atoms with Gasteiger partial charge in [0, 0.05) is 23.8 Å². The van der Waals surface area contributed by atoms with Crippen molar-refractivity contribution in [2.24, 2.45) is 0 Å². The van der Waals surface area contributed by atoms with Crippen molar-refractivity contribution >= 4 is 29.1 Å². The standard InChI is InChI=1S/C19H19ClN2O2/c1-3-9-22-11-13-5-4-6-15(17(13)19(22)24)18(23)21-14-8-7-12(2)16(20)10-14/h4-8,10H,3,9,11H2,1-2H3,(H,21,23). The van der Waals surface area contributed by atoms with E-state index in [9.17, 15) is 9.59 Å². The molecule has 5 heteroatoms. The van der Waals surface area contributed by atoms with Crippen molar-refractivity contribution in [3.05, 3.63) is 63.7 Å². The van der Waals surface area contributed by atoms with E-state index >= 15 is 0 Å². The SMILES string of the molecule is CCCN1Cc2cccc(C(=O)Nc3ccc(C)c(Cl)c3)c2C1=O. The van der Waals surface area contributed by atoms with Crippen LogP contribution in [-0.2, 0) is 6.54 Å². The van der Waals surface area contributed by atoms with Gasteiger partial charge in [0.2, 0.25) is 0 Å². The van der Waals surface area contributed by atoms with Gasteiger partial charge in [-0.05, 0) is 42.7 Å². The number of halogens is 1. The zero-order valence-electron chi connectivity index (χ0n) is 13.7. The summed E-state index contributed by atoms with van der Waals surface area (Å²) in [5.41, 5.74) is 3.39. The van der Waals surface area contributed by atoms with Crippen LogP contribution in [0.25, 0.3) is 0 Å². The van der Waals surface area contributed by atoms with Crippen molar-refractivity contribution in [2.75, 3.05) is 11.9 Å². The summed E-state index contributed by atoms with van der Waals surface area (Å²) in [7, 11) is 0. The Morgan fingerprint density at radius 1 is 1.29 bits per heavy atom. The Kier molecular flexibility index (Phi) is 4.58. The summed E-state index contributed by atoms with van der Waals surface area (Å²) >= 11 is 6.10. The molecule has 0 saturated carbocycles. The van der Waals surface area contributed by atoms with Crippen molar-refractivity contribution in [1.29, 1.82) is 0 Å². The topological polar surface area (TPSA) is 49.4 Å². The van der Waals surface area contributed by atoms with Crippen molar-refractivity contribution in [3.63, 3.8) is 0 Å². The molecular weight excluding hydrogens is 324 g/mol. The van der Waals surface area contributed by atoms with Crippen molar-refractivity contribution < 1.29 is 9.59 Å². The highest BCUT2D eigenvalue weighted by molar-refractivity contribution is 6.31. The third-order valence-electron chi connectivity index (χ3n) is 4.18. The smallest absolute Gasteiger partial charge is 0.256 e. The molecule has 0 unspecified atom stereocenters. The fraction of sp³-hybridized carbons (Fsp3) is 0.263. The minimum absolute atomic E-state index is 0.0699. The number of amides is 2. The third-order valence-corrected chi connectivity index (χ3v) is 4.59. The monoisotopic (exact) mass is 342 g/mol. The number of aryl methyl sites for hydroxylation is 1. The molecule has 1 aliphatic rings. The van der Waals surface area contributed by atoms with Crippen LogP contribution in [0.5, 0.6) is 0 Å². The van der Waals surface area contributed by atoms with Crippen molar-refractivity contribution in [3.8, 4) is 0 Å². The first kappa shape index (κ1) is 16.5. The summed E-state index contributed by atoms with van der Waals surface area (Å²) in [6.45, 7) is 5.20. The van der Waals surface area contributed by atoms with E-state index < -0.39 is 0 Å². The number of hydrogen-bond acceptors (Lipinski definition) is 2. The van der Waals surface area contributed by atoms with Crippen molar-refractivity contribution in [1.82, 2.24) is 4.90 Å². The Hall–Kier alpha value is -2.33.